The van der Waals surface area contributed by atoms with Crippen LogP contribution in [0.1, 0.15) is 24.1 Å². The number of aliphatic imine (C=N–C) groups is 1. The zero-order chi connectivity index (χ0) is 18.4. The number of hydrogen-bond acceptors (Lipinski definition) is 4. The van der Waals surface area contributed by atoms with Gasteiger partial charge in [-0.3, -0.25) is 4.99 Å². The Bertz CT molecular complexity index is 739. The van der Waals surface area contributed by atoms with Crippen molar-refractivity contribution in [2.45, 2.75) is 25.8 Å². The summed E-state index contributed by atoms with van der Waals surface area (Å²) in [5.41, 5.74) is 2.24. The van der Waals surface area contributed by atoms with Crippen LogP contribution in [0.4, 0.5) is 5.13 Å². The lowest BCUT2D eigenvalue weighted by atomic mass is 10.2. The monoisotopic (exact) mass is 391 g/mol. The number of guanidine groups is 1. The normalized spacial score (nSPS) is 14.7. The van der Waals surface area contributed by atoms with Crippen LogP contribution >= 0.6 is 22.9 Å². The predicted octanol–water partition coefficient (Wildman–Crippen LogP) is 3.65. The van der Waals surface area contributed by atoms with E-state index in [2.05, 4.69) is 25.5 Å². The van der Waals surface area contributed by atoms with E-state index in [1.54, 1.807) is 18.4 Å². The number of rotatable bonds is 6. The van der Waals surface area contributed by atoms with Crippen molar-refractivity contribution in [3.8, 4) is 0 Å². The first-order valence-corrected chi connectivity index (χ1v) is 10.3. The van der Waals surface area contributed by atoms with Crippen molar-refractivity contribution >= 4 is 34.0 Å². The highest BCUT2D eigenvalue weighted by Gasteiger charge is 2.15. The van der Waals surface area contributed by atoms with Gasteiger partial charge in [0.15, 0.2) is 11.1 Å². The molecule has 0 bridgehead atoms. The van der Waals surface area contributed by atoms with Gasteiger partial charge in [0.25, 0.3) is 0 Å². The van der Waals surface area contributed by atoms with Gasteiger partial charge in [-0.2, -0.15) is 0 Å². The van der Waals surface area contributed by atoms with Gasteiger partial charge in [0.1, 0.15) is 0 Å². The van der Waals surface area contributed by atoms with Gasteiger partial charge in [0.05, 0.1) is 5.69 Å². The van der Waals surface area contributed by atoms with E-state index < -0.39 is 0 Å². The third-order valence-corrected chi connectivity index (χ3v) is 5.84. The van der Waals surface area contributed by atoms with Gasteiger partial charge in [-0.15, -0.1) is 11.3 Å². The highest BCUT2D eigenvalue weighted by atomic mass is 35.5. The molecule has 5 nitrogen and oxygen atoms in total. The molecule has 3 rings (SSSR count). The zero-order valence-electron chi connectivity index (χ0n) is 15.4. The predicted molar refractivity (Wildman–Crippen MR) is 112 cm³/mol. The van der Waals surface area contributed by atoms with Crippen molar-refractivity contribution in [1.29, 1.82) is 0 Å². The van der Waals surface area contributed by atoms with Crippen LogP contribution in [-0.4, -0.2) is 49.6 Å². The molecule has 2 heterocycles. The summed E-state index contributed by atoms with van der Waals surface area (Å²) >= 11 is 8.01. The van der Waals surface area contributed by atoms with Crippen LogP contribution in [0.15, 0.2) is 34.6 Å². The molecule has 0 aliphatic carbocycles. The number of halogens is 1. The van der Waals surface area contributed by atoms with Gasteiger partial charge in [0.2, 0.25) is 0 Å². The fourth-order valence-electron chi connectivity index (χ4n) is 3.11. The third-order valence-electron chi connectivity index (χ3n) is 4.52. The maximum absolute atomic E-state index is 6.26. The first-order chi connectivity index (χ1) is 12.7. The van der Waals surface area contributed by atoms with Crippen LogP contribution in [-0.2, 0) is 13.0 Å². The van der Waals surface area contributed by atoms with E-state index in [1.807, 2.05) is 31.3 Å². The fourth-order valence-corrected chi connectivity index (χ4v) is 4.22. The summed E-state index contributed by atoms with van der Waals surface area (Å²) in [5, 5.41) is 7.54. The topological polar surface area (TPSA) is 43.8 Å². The zero-order valence-corrected chi connectivity index (χ0v) is 17.0. The first kappa shape index (κ1) is 19.0. The number of hydrogen-bond donors (Lipinski definition) is 1. The molecule has 1 saturated heterocycles. The Morgan fingerprint density at radius 3 is 2.85 bits per heavy atom. The van der Waals surface area contributed by atoms with Gasteiger partial charge in [-0.1, -0.05) is 29.8 Å². The number of nitrogens with zero attached hydrogens (tertiary/aromatic N) is 4. The minimum Gasteiger partial charge on any atom is -0.356 e. The fraction of sp³-hybridized carbons (Fsp3) is 0.474. The smallest absolute Gasteiger partial charge is 0.193 e. The van der Waals surface area contributed by atoms with E-state index in [4.69, 9.17) is 16.6 Å². The van der Waals surface area contributed by atoms with Crippen LogP contribution in [0.25, 0.3) is 0 Å². The Balaban J connectivity index is 1.49. The van der Waals surface area contributed by atoms with Crippen molar-refractivity contribution < 1.29 is 0 Å². The summed E-state index contributed by atoms with van der Waals surface area (Å²) < 4.78 is 0. The number of aromatic nitrogens is 1. The van der Waals surface area contributed by atoms with Crippen molar-refractivity contribution in [3.05, 3.63) is 45.9 Å². The highest BCUT2D eigenvalue weighted by Crippen LogP contribution is 2.24. The van der Waals surface area contributed by atoms with E-state index in [1.165, 1.54) is 12.8 Å². The Morgan fingerprint density at radius 2 is 2.12 bits per heavy atom. The summed E-state index contributed by atoms with van der Waals surface area (Å²) in [6, 6.07) is 7.91. The Morgan fingerprint density at radius 1 is 1.35 bits per heavy atom. The van der Waals surface area contributed by atoms with Gasteiger partial charge < -0.3 is 15.1 Å². The molecule has 1 aliphatic heterocycles. The van der Waals surface area contributed by atoms with Gasteiger partial charge in [-0.05, 0) is 24.5 Å². The molecule has 1 N–H and O–H groups in total. The summed E-state index contributed by atoms with van der Waals surface area (Å²) in [7, 11) is 3.83. The molecule has 1 fully saturated rings. The van der Waals surface area contributed by atoms with Crippen LogP contribution in [0.5, 0.6) is 0 Å². The van der Waals surface area contributed by atoms with Gasteiger partial charge >= 0.3 is 0 Å². The molecule has 140 valence electrons. The van der Waals surface area contributed by atoms with Crippen molar-refractivity contribution in [3.63, 3.8) is 0 Å². The molecule has 7 heteroatoms. The number of anilines is 1. The molecule has 1 aliphatic rings. The van der Waals surface area contributed by atoms with Gasteiger partial charge in [-0.25, -0.2) is 4.98 Å². The minimum atomic E-state index is 0.717. The molecule has 0 amide bonds. The van der Waals surface area contributed by atoms with Crippen molar-refractivity contribution in [2.75, 3.05) is 38.6 Å². The summed E-state index contributed by atoms with van der Waals surface area (Å²) in [6.07, 6.45) is 3.46. The van der Waals surface area contributed by atoms with Crippen LogP contribution in [0.3, 0.4) is 0 Å². The maximum atomic E-state index is 6.26. The Hall–Kier alpha value is -1.79. The molecule has 2 aromatic rings. The average Bonchev–Trinajstić information content (AvgIpc) is 3.32. The summed E-state index contributed by atoms with van der Waals surface area (Å²) in [5.74, 6) is 0.861. The Kier molecular flexibility index (Phi) is 6.74. The molecular formula is C19H26ClN5S. The lowest BCUT2D eigenvalue weighted by Crippen LogP contribution is -2.39. The molecule has 0 radical (unpaired) electrons. The average molecular weight is 392 g/mol. The standard InChI is InChI=1S/C19H26ClN5S/c1-21-18(24(2)13-15-7-3-4-8-17(15)20)22-10-9-16-14-26-19(23-16)25-11-5-6-12-25/h3-4,7-8,14H,5-6,9-13H2,1-2H3,(H,21,22). The van der Waals surface area contributed by atoms with E-state index in [-0.39, 0.29) is 0 Å². The van der Waals surface area contributed by atoms with Crippen LogP contribution < -0.4 is 10.2 Å². The quantitative estimate of drug-likeness (QED) is 0.603. The lowest BCUT2D eigenvalue weighted by molar-refractivity contribution is 0.477. The van der Waals surface area contributed by atoms with Crippen LogP contribution in [0, 0.1) is 0 Å². The number of nitrogens with one attached hydrogen (secondary N) is 1. The molecular weight excluding hydrogens is 366 g/mol. The van der Waals surface area contributed by atoms with Crippen molar-refractivity contribution in [2.24, 2.45) is 4.99 Å². The maximum Gasteiger partial charge on any atom is 0.193 e. The van der Waals surface area contributed by atoms with E-state index in [0.717, 1.165) is 60.0 Å². The van der Waals surface area contributed by atoms with Crippen molar-refractivity contribution in [1.82, 2.24) is 15.2 Å². The molecule has 0 spiro atoms. The minimum absolute atomic E-state index is 0.717. The molecule has 1 aromatic heterocycles. The van der Waals surface area contributed by atoms with Gasteiger partial charge in [0, 0.05) is 57.1 Å². The molecule has 1 aromatic carbocycles. The Labute approximate surface area is 164 Å². The molecule has 0 atom stereocenters. The van der Waals surface area contributed by atoms with Crippen LogP contribution in [0.2, 0.25) is 5.02 Å². The van der Waals surface area contributed by atoms with E-state index >= 15 is 0 Å². The highest BCUT2D eigenvalue weighted by molar-refractivity contribution is 7.13. The molecule has 0 unspecified atom stereocenters. The van der Waals surface area contributed by atoms with E-state index in [9.17, 15) is 0 Å². The molecule has 26 heavy (non-hydrogen) atoms. The molecule has 0 saturated carbocycles. The summed E-state index contributed by atoms with van der Waals surface area (Å²) in [4.78, 5) is 13.6. The SMILES string of the molecule is CN=C(NCCc1csc(N2CCCC2)n1)N(C)Cc1ccccc1Cl. The first-order valence-electron chi connectivity index (χ1n) is 9.02. The second kappa shape index (κ2) is 9.24. The second-order valence-corrected chi connectivity index (χ2v) is 7.73. The second-order valence-electron chi connectivity index (χ2n) is 6.49. The number of benzene rings is 1. The third kappa shape index (κ3) is 4.89. The van der Waals surface area contributed by atoms with E-state index in [0.29, 0.717) is 0 Å². The lowest BCUT2D eigenvalue weighted by Gasteiger charge is -2.22. The number of thiazole rings is 1. The summed E-state index contributed by atoms with van der Waals surface area (Å²) in [6.45, 7) is 3.81. The largest absolute Gasteiger partial charge is 0.356 e.